The number of nitrogens with two attached hydrogens (primary N) is 1. The summed E-state index contributed by atoms with van der Waals surface area (Å²) < 4.78 is 27.9. The number of nitrogens with zero attached hydrogens (tertiary/aromatic N) is 1. The van der Waals surface area contributed by atoms with Gasteiger partial charge in [0.25, 0.3) is 10.0 Å². The van der Waals surface area contributed by atoms with Crippen molar-refractivity contribution in [3.8, 4) is 0 Å². The fourth-order valence-corrected chi connectivity index (χ4v) is 3.86. The van der Waals surface area contributed by atoms with Gasteiger partial charge in [0, 0.05) is 9.50 Å². The number of nitrogen functional groups attached to an aromatic ring is 1. The molecule has 9 heteroatoms. The number of anilines is 2. The first-order valence-electron chi connectivity index (χ1n) is 5.61. The van der Waals surface area contributed by atoms with Crippen molar-refractivity contribution in [1.29, 1.82) is 0 Å². The predicted molar refractivity (Wildman–Crippen MR) is 88.4 cm³/mol. The zero-order chi connectivity index (χ0) is 15.8. The first-order valence-corrected chi connectivity index (χ1v) is 8.64. The third-order valence-electron chi connectivity index (χ3n) is 2.57. The van der Waals surface area contributed by atoms with E-state index in [-0.39, 0.29) is 26.4 Å². The van der Waals surface area contributed by atoms with Crippen LogP contribution in [-0.2, 0) is 10.0 Å². The van der Waals surface area contributed by atoms with Gasteiger partial charge in [-0.05, 0) is 47.1 Å². The number of benzene rings is 1. The predicted octanol–water partition coefficient (Wildman–Crippen LogP) is 3.84. The third kappa shape index (κ3) is 3.60. The van der Waals surface area contributed by atoms with Gasteiger partial charge in [0.1, 0.15) is 10.7 Å². The molecule has 1 heterocycles. The second kappa shape index (κ2) is 6.00. The van der Waals surface area contributed by atoms with Gasteiger partial charge in [-0.2, -0.15) is 0 Å². The van der Waals surface area contributed by atoms with Crippen molar-refractivity contribution < 1.29 is 8.42 Å². The Morgan fingerprint density at radius 2 is 1.95 bits per heavy atom. The summed E-state index contributed by atoms with van der Waals surface area (Å²) in [5.74, 6) is 0.168. The van der Waals surface area contributed by atoms with Crippen molar-refractivity contribution in [2.45, 2.75) is 11.8 Å². The van der Waals surface area contributed by atoms with E-state index in [0.717, 1.165) is 4.47 Å². The number of sulfonamides is 1. The summed E-state index contributed by atoms with van der Waals surface area (Å²) in [5.41, 5.74) is 6.31. The van der Waals surface area contributed by atoms with Crippen LogP contribution in [0.25, 0.3) is 0 Å². The number of nitrogens with one attached hydrogen (secondary N) is 1. The van der Waals surface area contributed by atoms with Gasteiger partial charge >= 0.3 is 0 Å². The van der Waals surface area contributed by atoms with E-state index in [9.17, 15) is 8.42 Å². The number of hydrogen-bond donors (Lipinski definition) is 2. The summed E-state index contributed by atoms with van der Waals surface area (Å²) in [5, 5.41) is 0.204. The van der Waals surface area contributed by atoms with Gasteiger partial charge in [-0.15, -0.1) is 0 Å². The Morgan fingerprint density at radius 1 is 1.29 bits per heavy atom. The molecule has 0 aliphatic carbocycles. The molecule has 2 aromatic rings. The van der Waals surface area contributed by atoms with Crippen LogP contribution in [-0.4, -0.2) is 13.4 Å². The molecule has 21 heavy (non-hydrogen) atoms. The molecule has 0 saturated heterocycles. The van der Waals surface area contributed by atoms with E-state index in [1.165, 1.54) is 18.2 Å². The van der Waals surface area contributed by atoms with Crippen molar-refractivity contribution in [2.75, 3.05) is 10.5 Å². The molecule has 0 unspecified atom stereocenters. The highest BCUT2D eigenvalue weighted by molar-refractivity contribution is 9.10. The molecule has 0 radical (unpaired) electrons. The minimum absolute atomic E-state index is 0.0335. The average molecular weight is 411 g/mol. The lowest BCUT2D eigenvalue weighted by molar-refractivity contribution is 0.601. The van der Waals surface area contributed by atoms with E-state index >= 15 is 0 Å². The molecule has 3 N–H and O–H groups in total. The molecule has 1 aromatic carbocycles. The number of halogens is 3. The topological polar surface area (TPSA) is 85.1 Å². The van der Waals surface area contributed by atoms with E-state index in [1.807, 2.05) is 0 Å². The first-order chi connectivity index (χ1) is 9.70. The molecular formula is C12H10BrCl2N3O2S. The number of aromatic nitrogens is 1. The van der Waals surface area contributed by atoms with Gasteiger partial charge in [0.05, 0.1) is 16.4 Å². The molecule has 5 nitrogen and oxygen atoms in total. The van der Waals surface area contributed by atoms with Crippen LogP contribution in [0.15, 0.2) is 33.6 Å². The van der Waals surface area contributed by atoms with Gasteiger partial charge in [0.2, 0.25) is 0 Å². The standard InChI is InChI=1S/C12H10BrCl2N3O2S/c1-6-8(13)2-3-11(17-6)18-21(19,20)12-9(15)4-7(14)5-10(12)16/h2-5H,16H2,1H3,(H,17,18). The van der Waals surface area contributed by atoms with E-state index in [0.29, 0.717) is 5.69 Å². The lowest BCUT2D eigenvalue weighted by atomic mass is 10.3. The molecule has 1 aromatic heterocycles. The fourth-order valence-electron chi connectivity index (χ4n) is 1.65. The number of pyridine rings is 1. The largest absolute Gasteiger partial charge is 0.398 e. The van der Waals surface area contributed by atoms with Crippen LogP contribution in [0, 0.1) is 6.92 Å². The van der Waals surface area contributed by atoms with Crippen molar-refractivity contribution in [2.24, 2.45) is 0 Å². The molecule has 0 amide bonds. The minimum atomic E-state index is -3.96. The van der Waals surface area contributed by atoms with Crippen LogP contribution in [0.5, 0.6) is 0 Å². The van der Waals surface area contributed by atoms with Crippen molar-refractivity contribution in [1.82, 2.24) is 4.98 Å². The van der Waals surface area contributed by atoms with Crippen LogP contribution >= 0.6 is 39.1 Å². The average Bonchev–Trinajstić information content (AvgIpc) is 2.31. The number of aryl methyl sites for hydroxylation is 1. The van der Waals surface area contributed by atoms with E-state index in [4.69, 9.17) is 28.9 Å². The Kier molecular flexibility index (Phi) is 4.67. The van der Waals surface area contributed by atoms with Gasteiger partial charge in [-0.3, -0.25) is 4.72 Å². The highest BCUT2D eigenvalue weighted by Crippen LogP contribution is 2.32. The van der Waals surface area contributed by atoms with Gasteiger partial charge in [-0.25, -0.2) is 13.4 Å². The molecule has 0 spiro atoms. The Bertz CT molecular complexity index is 789. The maximum atomic E-state index is 12.4. The summed E-state index contributed by atoms with van der Waals surface area (Å²) in [6, 6.07) is 5.85. The Labute approximate surface area is 140 Å². The van der Waals surface area contributed by atoms with Crippen LogP contribution in [0.3, 0.4) is 0 Å². The van der Waals surface area contributed by atoms with Crippen molar-refractivity contribution in [3.05, 3.63) is 44.5 Å². The molecule has 0 fully saturated rings. The molecule has 0 saturated carbocycles. The maximum Gasteiger partial charge on any atom is 0.266 e. The zero-order valence-electron chi connectivity index (χ0n) is 10.7. The Balaban J connectivity index is 2.46. The van der Waals surface area contributed by atoms with Crippen LogP contribution in [0.1, 0.15) is 5.69 Å². The molecule has 0 atom stereocenters. The van der Waals surface area contributed by atoms with Crippen LogP contribution < -0.4 is 10.5 Å². The molecule has 0 aliphatic rings. The lowest BCUT2D eigenvalue weighted by Crippen LogP contribution is -2.16. The summed E-state index contributed by atoms with van der Waals surface area (Å²) in [6.45, 7) is 1.74. The summed E-state index contributed by atoms with van der Waals surface area (Å²) in [4.78, 5) is 3.89. The van der Waals surface area contributed by atoms with E-state index < -0.39 is 10.0 Å². The maximum absolute atomic E-state index is 12.4. The third-order valence-corrected chi connectivity index (χ3v) is 5.50. The highest BCUT2D eigenvalue weighted by atomic mass is 79.9. The normalized spacial score (nSPS) is 11.4. The molecule has 112 valence electrons. The SMILES string of the molecule is Cc1nc(NS(=O)(=O)c2c(N)cc(Cl)cc2Cl)ccc1Br. The zero-order valence-corrected chi connectivity index (χ0v) is 14.6. The molecule has 0 bridgehead atoms. The first kappa shape index (κ1) is 16.4. The monoisotopic (exact) mass is 409 g/mol. The van der Waals surface area contributed by atoms with Crippen LogP contribution in [0.2, 0.25) is 10.0 Å². The summed E-state index contributed by atoms with van der Waals surface area (Å²) >= 11 is 15.0. The molecule has 0 aliphatic heterocycles. The Hall–Kier alpha value is -1.02. The van der Waals surface area contributed by atoms with E-state index in [2.05, 4.69) is 25.6 Å². The van der Waals surface area contributed by atoms with Crippen LogP contribution in [0.4, 0.5) is 11.5 Å². The smallest absolute Gasteiger partial charge is 0.266 e. The van der Waals surface area contributed by atoms with Gasteiger partial charge < -0.3 is 5.73 Å². The molecular weight excluding hydrogens is 401 g/mol. The van der Waals surface area contributed by atoms with Gasteiger partial charge in [0.15, 0.2) is 0 Å². The lowest BCUT2D eigenvalue weighted by Gasteiger charge is -2.12. The summed E-state index contributed by atoms with van der Waals surface area (Å²) in [7, 11) is -3.96. The van der Waals surface area contributed by atoms with Crippen molar-refractivity contribution >= 4 is 60.7 Å². The minimum Gasteiger partial charge on any atom is -0.398 e. The Morgan fingerprint density at radius 3 is 2.52 bits per heavy atom. The fraction of sp³-hybridized carbons (Fsp3) is 0.0833. The quantitative estimate of drug-likeness (QED) is 0.752. The second-order valence-corrected chi connectivity index (χ2v) is 7.49. The number of rotatable bonds is 3. The van der Waals surface area contributed by atoms with E-state index in [1.54, 1.807) is 13.0 Å². The van der Waals surface area contributed by atoms with Gasteiger partial charge in [-0.1, -0.05) is 23.2 Å². The number of hydrogen-bond acceptors (Lipinski definition) is 4. The van der Waals surface area contributed by atoms with Crippen molar-refractivity contribution in [3.63, 3.8) is 0 Å². The second-order valence-electron chi connectivity index (χ2n) is 4.18. The molecule has 2 rings (SSSR count). The highest BCUT2D eigenvalue weighted by Gasteiger charge is 2.22. The summed E-state index contributed by atoms with van der Waals surface area (Å²) in [6.07, 6.45) is 0.